The minimum atomic E-state index is -0.433. The highest BCUT2D eigenvalue weighted by Gasteiger charge is 2.28. The number of carbonyl (C=O) groups is 1. The molecule has 0 heterocycles. The van der Waals surface area contributed by atoms with E-state index in [1.54, 1.807) is 19.2 Å². The van der Waals surface area contributed by atoms with Crippen molar-refractivity contribution in [1.29, 1.82) is 0 Å². The van der Waals surface area contributed by atoms with Crippen LogP contribution in [-0.2, 0) is 4.74 Å². The van der Waals surface area contributed by atoms with Crippen LogP contribution in [0.5, 0.6) is 5.75 Å². The standard InChI is InChI=1S/C26H24N2O3/c1-30-25-16-18(13-14-24(25)27)8-6-7-15-28-26(29)31-17-23-21-11-4-2-9-19(21)20-10-3-5-12-22(20)23/h2-5,9-14,16,23H,7,15,17,27H2,1H3,(H,28,29). The summed E-state index contributed by atoms with van der Waals surface area (Å²) in [6.45, 7) is 0.715. The molecule has 0 atom stereocenters. The molecule has 5 nitrogen and oxygen atoms in total. The Kier molecular flexibility index (Phi) is 6.09. The van der Waals surface area contributed by atoms with Crippen LogP contribution < -0.4 is 15.8 Å². The molecule has 5 heteroatoms. The predicted molar refractivity (Wildman–Crippen MR) is 122 cm³/mol. The van der Waals surface area contributed by atoms with Crippen molar-refractivity contribution in [3.8, 4) is 28.7 Å². The Balaban J connectivity index is 1.28. The van der Waals surface area contributed by atoms with Gasteiger partial charge in [-0.1, -0.05) is 60.4 Å². The van der Waals surface area contributed by atoms with Gasteiger partial charge < -0.3 is 20.5 Å². The van der Waals surface area contributed by atoms with E-state index in [1.165, 1.54) is 22.3 Å². The van der Waals surface area contributed by atoms with Gasteiger partial charge in [0.1, 0.15) is 12.4 Å². The summed E-state index contributed by atoms with van der Waals surface area (Å²) >= 11 is 0. The topological polar surface area (TPSA) is 73.6 Å². The number of ether oxygens (including phenoxy) is 2. The summed E-state index contributed by atoms with van der Waals surface area (Å²) in [6, 6.07) is 21.9. The number of nitrogen functional groups attached to an aromatic ring is 1. The van der Waals surface area contributed by atoms with Gasteiger partial charge >= 0.3 is 6.09 Å². The summed E-state index contributed by atoms with van der Waals surface area (Å²) in [7, 11) is 1.57. The second kappa shape index (κ2) is 9.27. The van der Waals surface area contributed by atoms with Crippen molar-refractivity contribution < 1.29 is 14.3 Å². The van der Waals surface area contributed by atoms with Gasteiger partial charge in [-0.25, -0.2) is 4.79 Å². The predicted octanol–water partition coefficient (Wildman–Crippen LogP) is 4.56. The highest BCUT2D eigenvalue weighted by Crippen LogP contribution is 2.44. The van der Waals surface area contributed by atoms with E-state index < -0.39 is 6.09 Å². The van der Waals surface area contributed by atoms with Crippen LogP contribution in [0.1, 0.15) is 29.0 Å². The average Bonchev–Trinajstić information content (AvgIpc) is 3.12. The molecule has 3 N–H and O–H groups in total. The molecule has 0 fully saturated rings. The van der Waals surface area contributed by atoms with Crippen molar-refractivity contribution in [3.05, 3.63) is 83.4 Å². The molecule has 0 saturated carbocycles. The lowest BCUT2D eigenvalue weighted by Gasteiger charge is -2.14. The van der Waals surface area contributed by atoms with Crippen molar-refractivity contribution in [2.75, 3.05) is 26.0 Å². The largest absolute Gasteiger partial charge is 0.495 e. The van der Waals surface area contributed by atoms with Gasteiger partial charge in [0.25, 0.3) is 0 Å². The SMILES string of the molecule is COc1cc(C#CCCNC(=O)OCC2c3ccccc3-c3ccccc32)ccc1N. The van der Waals surface area contributed by atoms with Crippen molar-refractivity contribution in [3.63, 3.8) is 0 Å². The molecular formula is C26H24N2O3. The van der Waals surface area contributed by atoms with Crippen LogP contribution in [0.4, 0.5) is 10.5 Å². The Labute approximate surface area is 182 Å². The van der Waals surface area contributed by atoms with E-state index in [1.807, 2.05) is 30.3 Å². The molecule has 3 aromatic carbocycles. The molecule has 0 aromatic heterocycles. The number of carbonyl (C=O) groups excluding carboxylic acids is 1. The van der Waals surface area contributed by atoms with Crippen LogP contribution in [0.2, 0.25) is 0 Å². The van der Waals surface area contributed by atoms with E-state index in [0.29, 0.717) is 31.0 Å². The summed E-state index contributed by atoms with van der Waals surface area (Å²) in [6.07, 6.45) is 0.0782. The van der Waals surface area contributed by atoms with Crippen molar-refractivity contribution in [2.45, 2.75) is 12.3 Å². The van der Waals surface area contributed by atoms with Gasteiger partial charge in [0, 0.05) is 24.4 Å². The van der Waals surface area contributed by atoms with E-state index in [4.69, 9.17) is 15.2 Å². The molecule has 156 valence electrons. The van der Waals surface area contributed by atoms with Gasteiger partial charge in [-0.2, -0.15) is 0 Å². The molecule has 3 aromatic rings. The zero-order chi connectivity index (χ0) is 21.6. The Hall–Kier alpha value is -3.91. The Morgan fingerprint density at radius 3 is 2.39 bits per heavy atom. The van der Waals surface area contributed by atoms with Gasteiger partial charge in [0.05, 0.1) is 12.8 Å². The first kappa shape index (κ1) is 20.4. The first-order valence-electron chi connectivity index (χ1n) is 10.2. The lowest BCUT2D eigenvalue weighted by atomic mass is 9.98. The lowest BCUT2D eigenvalue weighted by molar-refractivity contribution is 0.143. The van der Waals surface area contributed by atoms with Crippen LogP contribution in [0.25, 0.3) is 11.1 Å². The lowest BCUT2D eigenvalue weighted by Crippen LogP contribution is -2.26. The molecule has 0 bridgehead atoms. The summed E-state index contributed by atoms with van der Waals surface area (Å²) in [5, 5.41) is 2.76. The van der Waals surface area contributed by atoms with Gasteiger partial charge in [-0.15, -0.1) is 0 Å². The molecule has 0 radical (unpaired) electrons. The molecular weight excluding hydrogens is 388 g/mol. The van der Waals surface area contributed by atoms with Crippen LogP contribution in [0, 0.1) is 11.8 Å². The molecule has 1 aliphatic rings. The molecule has 0 unspecified atom stereocenters. The van der Waals surface area contributed by atoms with E-state index in [9.17, 15) is 4.79 Å². The first-order chi connectivity index (χ1) is 15.2. The Morgan fingerprint density at radius 2 is 1.71 bits per heavy atom. The number of fused-ring (bicyclic) bond motifs is 3. The van der Waals surface area contributed by atoms with Gasteiger partial charge in [-0.05, 0) is 40.5 Å². The number of methoxy groups -OCH3 is 1. The maximum absolute atomic E-state index is 12.2. The minimum absolute atomic E-state index is 0.0541. The van der Waals surface area contributed by atoms with Crippen LogP contribution in [-0.4, -0.2) is 26.4 Å². The third kappa shape index (κ3) is 4.49. The first-order valence-corrected chi connectivity index (χ1v) is 10.2. The Bertz CT molecular complexity index is 1120. The Morgan fingerprint density at radius 1 is 1.03 bits per heavy atom. The number of hydrogen-bond acceptors (Lipinski definition) is 4. The fraction of sp³-hybridized carbons (Fsp3) is 0.192. The molecule has 0 saturated heterocycles. The maximum atomic E-state index is 12.2. The van der Waals surface area contributed by atoms with Crippen molar-refractivity contribution in [1.82, 2.24) is 5.32 Å². The van der Waals surface area contributed by atoms with Crippen LogP contribution in [0.15, 0.2) is 66.7 Å². The quantitative estimate of drug-likeness (QED) is 0.366. The number of hydrogen-bond donors (Lipinski definition) is 2. The summed E-state index contributed by atoms with van der Waals surface area (Å²) in [4.78, 5) is 12.2. The number of nitrogens with one attached hydrogen (secondary N) is 1. The summed E-state index contributed by atoms with van der Waals surface area (Å²) in [5.41, 5.74) is 12.0. The third-order valence-corrected chi connectivity index (χ3v) is 5.33. The van der Waals surface area contributed by atoms with Crippen molar-refractivity contribution in [2.24, 2.45) is 0 Å². The summed E-state index contributed by atoms with van der Waals surface area (Å²) in [5.74, 6) is 6.73. The van der Waals surface area contributed by atoms with E-state index in [2.05, 4.69) is 41.4 Å². The number of alkyl carbamates (subject to hydrolysis) is 1. The average molecular weight is 412 g/mol. The van der Waals surface area contributed by atoms with E-state index in [-0.39, 0.29) is 5.92 Å². The molecule has 4 rings (SSSR count). The molecule has 0 aliphatic heterocycles. The fourth-order valence-corrected chi connectivity index (χ4v) is 3.83. The second-order valence-electron chi connectivity index (χ2n) is 7.26. The second-order valence-corrected chi connectivity index (χ2v) is 7.26. The number of rotatable bonds is 5. The molecule has 1 aliphatic carbocycles. The van der Waals surface area contributed by atoms with Gasteiger partial charge in [-0.3, -0.25) is 0 Å². The molecule has 0 spiro atoms. The van der Waals surface area contributed by atoms with Gasteiger partial charge in [0.2, 0.25) is 0 Å². The minimum Gasteiger partial charge on any atom is -0.495 e. The number of nitrogens with two attached hydrogens (primary N) is 1. The maximum Gasteiger partial charge on any atom is 0.407 e. The third-order valence-electron chi connectivity index (χ3n) is 5.33. The molecule has 31 heavy (non-hydrogen) atoms. The smallest absolute Gasteiger partial charge is 0.407 e. The van der Waals surface area contributed by atoms with Crippen molar-refractivity contribution >= 4 is 11.8 Å². The van der Waals surface area contributed by atoms with Crippen LogP contribution >= 0.6 is 0 Å². The summed E-state index contributed by atoms with van der Waals surface area (Å²) < 4.78 is 10.7. The van der Waals surface area contributed by atoms with Gasteiger partial charge in [0.15, 0.2) is 0 Å². The highest BCUT2D eigenvalue weighted by molar-refractivity contribution is 5.79. The zero-order valence-corrected chi connectivity index (χ0v) is 17.4. The van der Waals surface area contributed by atoms with Crippen LogP contribution in [0.3, 0.4) is 0 Å². The van der Waals surface area contributed by atoms with E-state index >= 15 is 0 Å². The normalized spacial score (nSPS) is 11.6. The zero-order valence-electron chi connectivity index (χ0n) is 17.4. The van der Waals surface area contributed by atoms with E-state index in [0.717, 1.165) is 5.56 Å². The number of anilines is 1. The number of benzene rings is 3. The number of amides is 1. The molecule has 1 amide bonds. The highest BCUT2D eigenvalue weighted by atomic mass is 16.5. The fourth-order valence-electron chi connectivity index (χ4n) is 3.83. The monoisotopic (exact) mass is 412 g/mol.